The van der Waals surface area contributed by atoms with E-state index in [0.717, 1.165) is 32.1 Å². The molecule has 2 fully saturated rings. The van der Waals surface area contributed by atoms with Crippen molar-refractivity contribution in [2.45, 2.75) is 50.0 Å². The van der Waals surface area contributed by atoms with Crippen LogP contribution in [0.3, 0.4) is 0 Å². The summed E-state index contributed by atoms with van der Waals surface area (Å²) in [6.45, 7) is 2.62. The number of nitrogens with zero attached hydrogens (tertiary/aromatic N) is 1. The highest BCUT2D eigenvalue weighted by Crippen LogP contribution is 2.28. The molecule has 0 spiro atoms. The Morgan fingerprint density at radius 1 is 1.12 bits per heavy atom. The van der Waals surface area contributed by atoms with Crippen molar-refractivity contribution < 1.29 is 22.7 Å². The van der Waals surface area contributed by atoms with Gasteiger partial charge < -0.3 is 10.1 Å². The molecule has 0 radical (unpaired) electrons. The van der Waals surface area contributed by atoms with Gasteiger partial charge in [-0.25, -0.2) is 8.42 Å². The minimum atomic E-state index is -3.47. The summed E-state index contributed by atoms with van der Waals surface area (Å²) >= 11 is 0. The number of esters is 1. The van der Waals surface area contributed by atoms with Gasteiger partial charge in [-0.15, -0.1) is 0 Å². The van der Waals surface area contributed by atoms with Crippen LogP contribution in [0.1, 0.15) is 39.0 Å². The van der Waals surface area contributed by atoms with Crippen molar-refractivity contribution >= 4 is 27.6 Å². The predicted octanol–water partition coefficient (Wildman–Crippen LogP) is 2.14. The molecule has 1 saturated carbocycles. The van der Waals surface area contributed by atoms with Gasteiger partial charge in [-0.3, -0.25) is 9.59 Å². The number of ether oxygens (including phenoxy) is 1. The number of carbonyl (C=O) groups excluding carboxylic acids is 2. The maximum Gasteiger partial charge on any atom is 0.309 e. The molecule has 8 heteroatoms. The summed E-state index contributed by atoms with van der Waals surface area (Å²) in [5, 5.41) is 2.65. The zero-order chi connectivity index (χ0) is 18.7. The zero-order valence-corrected chi connectivity index (χ0v) is 15.6. The molecule has 1 aliphatic carbocycles. The van der Waals surface area contributed by atoms with Gasteiger partial charge in [0, 0.05) is 18.8 Å². The van der Waals surface area contributed by atoms with Gasteiger partial charge in [0.1, 0.15) is 0 Å². The highest BCUT2D eigenvalue weighted by Gasteiger charge is 2.30. The number of benzene rings is 1. The lowest BCUT2D eigenvalue weighted by Gasteiger charge is -2.24. The van der Waals surface area contributed by atoms with Crippen molar-refractivity contribution in [1.82, 2.24) is 4.31 Å². The number of sulfonamides is 1. The molecule has 7 nitrogen and oxygen atoms in total. The van der Waals surface area contributed by atoms with Crippen LogP contribution in [0.25, 0.3) is 0 Å². The van der Waals surface area contributed by atoms with E-state index < -0.39 is 22.0 Å². The summed E-state index contributed by atoms with van der Waals surface area (Å²) < 4.78 is 31.6. The maximum atomic E-state index is 12.5. The van der Waals surface area contributed by atoms with Gasteiger partial charge >= 0.3 is 5.97 Å². The Labute approximate surface area is 153 Å². The number of rotatable bonds is 6. The molecule has 1 aliphatic heterocycles. The van der Waals surface area contributed by atoms with Gasteiger partial charge in [-0.2, -0.15) is 4.31 Å². The maximum absolute atomic E-state index is 12.5. The molecule has 1 saturated heterocycles. The Balaban J connectivity index is 1.58. The van der Waals surface area contributed by atoms with Crippen LogP contribution in [0.5, 0.6) is 0 Å². The lowest BCUT2D eigenvalue weighted by molar-refractivity contribution is -0.159. The number of anilines is 1. The number of nitrogens with one attached hydrogen (secondary N) is 1. The molecule has 0 bridgehead atoms. The lowest BCUT2D eigenvalue weighted by atomic mass is 9.86. The third-order valence-electron chi connectivity index (χ3n) is 4.93. The Bertz CT molecular complexity index is 765. The number of hydrogen-bond donors (Lipinski definition) is 1. The Hall–Kier alpha value is -1.93. The van der Waals surface area contributed by atoms with Crippen molar-refractivity contribution in [2.75, 3.05) is 18.4 Å². The minimum absolute atomic E-state index is 0.0830. The molecule has 1 heterocycles. The lowest BCUT2D eigenvalue weighted by Crippen LogP contribution is -2.34. The quantitative estimate of drug-likeness (QED) is 0.763. The summed E-state index contributed by atoms with van der Waals surface area (Å²) in [6, 6.07) is 6.05. The molecule has 26 heavy (non-hydrogen) atoms. The second-order valence-electron chi connectivity index (χ2n) is 6.83. The van der Waals surface area contributed by atoms with Crippen molar-refractivity contribution in [2.24, 2.45) is 5.92 Å². The van der Waals surface area contributed by atoms with E-state index in [1.54, 1.807) is 12.1 Å². The summed E-state index contributed by atoms with van der Waals surface area (Å²) in [5.74, 6) is -0.848. The van der Waals surface area contributed by atoms with E-state index >= 15 is 0 Å². The summed E-state index contributed by atoms with van der Waals surface area (Å²) in [5.41, 5.74) is 0.460. The zero-order valence-electron chi connectivity index (χ0n) is 14.8. The number of amides is 1. The highest BCUT2D eigenvalue weighted by atomic mass is 32.2. The van der Waals surface area contributed by atoms with E-state index in [4.69, 9.17) is 4.74 Å². The molecule has 0 aromatic heterocycles. The van der Waals surface area contributed by atoms with Crippen LogP contribution in [-0.2, 0) is 24.3 Å². The van der Waals surface area contributed by atoms with Crippen LogP contribution in [0.15, 0.2) is 29.2 Å². The first-order valence-corrected chi connectivity index (χ1v) is 10.4. The van der Waals surface area contributed by atoms with Crippen molar-refractivity contribution in [3.63, 3.8) is 0 Å². The third-order valence-corrected chi connectivity index (χ3v) is 6.84. The van der Waals surface area contributed by atoms with E-state index in [9.17, 15) is 18.0 Å². The molecule has 142 valence electrons. The largest absolute Gasteiger partial charge is 0.452 e. The first-order valence-electron chi connectivity index (χ1n) is 8.99. The van der Waals surface area contributed by atoms with Gasteiger partial charge in [0.2, 0.25) is 10.0 Å². The molecule has 1 aromatic carbocycles. The normalized spacial score (nSPS) is 19.6. The van der Waals surface area contributed by atoms with E-state index in [0.29, 0.717) is 18.8 Å². The van der Waals surface area contributed by atoms with Crippen LogP contribution in [0, 0.1) is 5.92 Å². The second kappa shape index (κ2) is 7.75. The van der Waals surface area contributed by atoms with Crippen LogP contribution < -0.4 is 5.32 Å². The van der Waals surface area contributed by atoms with Gasteiger partial charge in [0.05, 0.1) is 10.8 Å². The average Bonchev–Trinajstić information content (AvgIpc) is 3.08. The predicted molar refractivity (Wildman–Crippen MR) is 96.0 cm³/mol. The van der Waals surface area contributed by atoms with Gasteiger partial charge in [0.25, 0.3) is 5.91 Å². The van der Waals surface area contributed by atoms with Crippen LogP contribution >= 0.6 is 0 Å². The smallest absolute Gasteiger partial charge is 0.309 e. The van der Waals surface area contributed by atoms with Gasteiger partial charge in [0.15, 0.2) is 6.10 Å². The summed E-state index contributed by atoms with van der Waals surface area (Å²) in [7, 11) is -3.47. The fraction of sp³-hybridized carbons (Fsp3) is 0.556. The van der Waals surface area contributed by atoms with Crippen LogP contribution in [0.4, 0.5) is 5.69 Å². The number of carbonyl (C=O) groups is 2. The molecule has 3 rings (SSSR count). The average molecular weight is 380 g/mol. The topological polar surface area (TPSA) is 92.8 Å². The van der Waals surface area contributed by atoms with Gasteiger partial charge in [-0.05, 0) is 56.9 Å². The first kappa shape index (κ1) is 18.8. The monoisotopic (exact) mass is 380 g/mol. The fourth-order valence-electron chi connectivity index (χ4n) is 3.00. The summed E-state index contributed by atoms with van der Waals surface area (Å²) in [4.78, 5) is 24.2. The van der Waals surface area contributed by atoms with Crippen LogP contribution in [-0.4, -0.2) is 43.8 Å². The third kappa shape index (κ3) is 4.07. The molecule has 0 unspecified atom stereocenters. The van der Waals surface area contributed by atoms with Crippen molar-refractivity contribution in [3.8, 4) is 0 Å². The first-order chi connectivity index (χ1) is 12.4. The Morgan fingerprint density at radius 2 is 1.73 bits per heavy atom. The second-order valence-corrected chi connectivity index (χ2v) is 8.77. The molecule has 2 aliphatic rings. The van der Waals surface area contributed by atoms with E-state index in [-0.39, 0.29) is 16.8 Å². The van der Waals surface area contributed by atoms with E-state index in [2.05, 4.69) is 5.32 Å². The van der Waals surface area contributed by atoms with Crippen molar-refractivity contribution in [3.05, 3.63) is 24.3 Å². The minimum Gasteiger partial charge on any atom is -0.452 e. The molecule has 1 atom stereocenters. The molecule has 1 aromatic rings. The Kier molecular flexibility index (Phi) is 5.62. The van der Waals surface area contributed by atoms with Crippen LogP contribution in [0.2, 0.25) is 0 Å². The molecular formula is C18H24N2O5S. The van der Waals surface area contributed by atoms with Gasteiger partial charge in [-0.1, -0.05) is 6.42 Å². The molecule has 1 N–H and O–H groups in total. The van der Waals surface area contributed by atoms with Crippen molar-refractivity contribution in [1.29, 1.82) is 0 Å². The molecular weight excluding hydrogens is 356 g/mol. The SMILES string of the molecule is C[C@H](OC(=O)C1CCC1)C(=O)Nc1ccc(S(=O)(=O)N2CCCC2)cc1. The Morgan fingerprint density at radius 3 is 2.27 bits per heavy atom. The fourth-order valence-corrected chi connectivity index (χ4v) is 4.52. The highest BCUT2D eigenvalue weighted by molar-refractivity contribution is 7.89. The summed E-state index contributed by atoms with van der Waals surface area (Å²) in [6.07, 6.45) is 3.53. The standard InChI is InChI=1S/C18H24N2O5S/c1-13(25-18(22)14-5-4-6-14)17(21)19-15-7-9-16(10-8-15)26(23,24)20-11-2-3-12-20/h7-10,13-14H,2-6,11-12H2,1H3,(H,19,21)/t13-/m0/s1. The number of hydrogen-bond acceptors (Lipinski definition) is 5. The molecule has 1 amide bonds. The van der Waals surface area contributed by atoms with E-state index in [1.807, 2.05) is 0 Å². The van der Waals surface area contributed by atoms with E-state index in [1.165, 1.54) is 23.4 Å².